The topological polar surface area (TPSA) is 82.1 Å². The Labute approximate surface area is 154 Å². The number of amides is 1. The van der Waals surface area contributed by atoms with Crippen LogP contribution in [0.2, 0.25) is 0 Å². The fraction of sp³-hybridized carbons (Fsp3) is 0.650. The number of hydrogen-bond donors (Lipinski definition) is 2. The number of aliphatic hydroxyl groups is 1. The van der Waals surface area contributed by atoms with E-state index in [4.69, 9.17) is 0 Å². The number of fused-ring (bicyclic) bond motifs is 2. The molecule has 2 aromatic rings. The van der Waals surface area contributed by atoms with Crippen molar-refractivity contribution in [2.24, 2.45) is 17.8 Å². The zero-order chi connectivity index (χ0) is 18.3. The quantitative estimate of drug-likeness (QED) is 0.863. The van der Waals surface area contributed by atoms with E-state index in [-0.39, 0.29) is 5.91 Å². The second-order valence-electron chi connectivity index (χ2n) is 8.25. The number of hydrogen-bond acceptors (Lipinski definition) is 4. The number of nitrogens with one attached hydrogen (secondary N) is 1. The van der Waals surface area contributed by atoms with Crippen molar-refractivity contribution < 1.29 is 9.90 Å². The van der Waals surface area contributed by atoms with Crippen LogP contribution in [0.3, 0.4) is 0 Å². The van der Waals surface area contributed by atoms with Gasteiger partial charge in [-0.15, -0.1) is 0 Å². The zero-order valence-corrected chi connectivity index (χ0v) is 15.6. The number of carbonyl (C=O) groups is 1. The SMILES string of the molecule is CC(CCC1CC2CN(C(=O)[C@H](C)O)CC2C1)c1ncnc2[nH]ccc12. The number of H-pyrrole nitrogens is 1. The normalized spacial score (nSPS) is 27.7. The van der Waals surface area contributed by atoms with Crippen molar-refractivity contribution in [3.05, 3.63) is 24.3 Å². The van der Waals surface area contributed by atoms with Crippen molar-refractivity contribution in [1.82, 2.24) is 19.9 Å². The lowest BCUT2D eigenvalue weighted by atomic mass is 9.92. The van der Waals surface area contributed by atoms with Gasteiger partial charge in [0, 0.05) is 24.7 Å². The maximum atomic E-state index is 12.0. The Morgan fingerprint density at radius 1 is 1.31 bits per heavy atom. The van der Waals surface area contributed by atoms with Gasteiger partial charge in [0.1, 0.15) is 18.1 Å². The molecule has 2 N–H and O–H groups in total. The summed E-state index contributed by atoms with van der Waals surface area (Å²) >= 11 is 0. The number of rotatable bonds is 5. The molecule has 6 heteroatoms. The number of aromatic nitrogens is 3. The summed E-state index contributed by atoms with van der Waals surface area (Å²) in [4.78, 5) is 25.8. The molecule has 1 saturated heterocycles. The number of nitrogens with zero attached hydrogens (tertiary/aromatic N) is 3. The van der Waals surface area contributed by atoms with Gasteiger partial charge >= 0.3 is 0 Å². The minimum atomic E-state index is -0.872. The van der Waals surface area contributed by atoms with E-state index in [1.54, 1.807) is 13.3 Å². The van der Waals surface area contributed by atoms with E-state index in [1.807, 2.05) is 11.1 Å². The third-order valence-electron chi connectivity index (χ3n) is 6.38. The Hall–Kier alpha value is -1.95. The van der Waals surface area contributed by atoms with E-state index in [0.717, 1.165) is 42.2 Å². The lowest BCUT2D eigenvalue weighted by molar-refractivity contribution is -0.138. The van der Waals surface area contributed by atoms with Crippen LogP contribution in [0.4, 0.5) is 0 Å². The highest BCUT2D eigenvalue weighted by Crippen LogP contribution is 2.44. The third-order valence-corrected chi connectivity index (χ3v) is 6.38. The lowest BCUT2D eigenvalue weighted by Crippen LogP contribution is -2.36. The van der Waals surface area contributed by atoms with Crippen LogP contribution in [-0.4, -0.2) is 50.1 Å². The highest BCUT2D eigenvalue weighted by Gasteiger charge is 2.42. The van der Waals surface area contributed by atoms with E-state index in [1.165, 1.54) is 19.3 Å². The molecular weight excluding hydrogens is 328 g/mol. The van der Waals surface area contributed by atoms with Gasteiger partial charge in [-0.25, -0.2) is 9.97 Å². The molecule has 4 rings (SSSR count). The molecule has 1 saturated carbocycles. The van der Waals surface area contributed by atoms with Crippen molar-refractivity contribution in [3.8, 4) is 0 Å². The molecule has 0 bridgehead atoms. The summed E-state index contributed by atoms with van der Waals surface area (Å²) in [7, 11) is 0. The van der Waals surface area contributed by atoms with Crippen molar-refractivity contribution in [3.63, 3.8) is 0 Å². The van der Waals surface area contributed by atoms with E-state index in [0.29, 0.717) is 17.8 Å². The monoisotopic (exact) mass is 356 g/mol. The maximum Gasteiger partial charge on any atom is 0.251 e. The third kappa shape index (κ3) is 3.22. The minimum absolute atomic E-state index is 0.108. The van der Waals surface area contributed by atoms with Gasteiger partial charge in [-0.05, 0) is 62.3 Å². The van der Waals surface area contributed by atoms with Gasteiger partial charge in [0.2, 0.25) is 0 Å². The van der Waals surface area contributed by atoms with Gasteiger partial charge in [-0.1, -0.05) is 6.92 Å². The molecule has 140 valence electrons. The van der Waals surface area contributed by atoms with Gasteiger partial charge < -0.3 is 15.0 Å². The lowest BCUT2D eigenvalue weighted by Gasteiger charge is -2.21. The Kier molecular flexibility index (Phi) is 4.69. The molecule has 0 radical (unpaired) electrons. The van der Waals surface area contributed by atoms with Crippen molar-refractivity contribution in [2.45, 2.75) is 51.6 Å². The second-order valence-corrected chi connectivity index (χ2v) is 8.25. The summed E-state index contributed by atoms with van der Waals surface area (Å²) in [5, 5.41) is 10.6. The van der Waals surface area contributed by atoms with E-state index >= 15 is 0 Å². The van der Waals surface area contributed by atoms with Crippen molar-refractivity contribution in [1.29, 1.82) is 0 Å². The molecule has 2 aliphatic rings. The molecule has 6 nitrogen and oxygen atoms in total. The summed E-state index contributed by atoms with van der Waals surface area (Å²) in [5.41, 5.74) is 2.06. The standard InChI is InChI=1S/C20H28N4O2/c1-12(18-17-5-6-21-19(17)23-11-22-18)3-4-14-7-15-9-24(10-16(15)8-14)20(26)13(2)25/h5-6,11-16,25H,3-4,7-10H2,1-2H3,(H,21,22,23)/t12?,13-,14?,15?,16?/m0/s1. The Bertz CT molecular complexity index is 773. The molecule has 0 spiro atoms. The summed E-state index contributed by atoms with van der Waals surface area (Å²) in [6.07, 6.45) is 7.48. The molecule has 1 aliphatic carbocycles. The Morgan fingerprint density at radius 3 is 2.73 bits per heavy atom. The van der Waals surface area contributed by atoms with E-state index in [2.05, 4.69) is 27.9 Å². The van der Waals surface area contributed by atoms with Crippen molar-refractivity contribution >= 4 is 16.9 Å². The van der Waals surface area contributed by atoms with Gasteiger partial charge in [-0.2, -0.15) is 0 Å². The fourth-order valence-electron chi connectivity index (χ4n) is 5.01. The first-order chi connectivity index (χ1) is 12.5. The predicted molar refractivity (Wildman–Crippen MR) is 99.5 cm³/mol. The van der Waals surface area contributed by atoms with Crippen LogP contribution in [0.25, 0.3) is 11.0 Å². The van der Waals surface area contributed by atoms with Crippen LogP contribution in [-0.2, 0) is 4.79 Å². The smallest absolute Gasteiger partial charge is 0.251 e. The number of carbonyl (C=O) groups excluding carboxylic acids is 1. The molecule has 4 atom stereocenters. The summed E-state index contributed by atoms with van der Waals surface area (Å²) in [6.45, 7) is 5.48. The fourth-order valence-corrected chi connectivity index (χ4v) is 5.01. The summed E-state index contributed by atoms with van der Waals surface area (Å²) in [6, 6.07) is 2.06. The van der Waals surface area contributed by atoms with Crippen LogP contribution >= 0.6 is 0 Å². The largest absolute Gasteiger partial charge is 0.384 e. The molecule has 1 amide bonds. The summed E-state index contributed by atoms with van der Waals surface area (Å²) < 4.78 is 0. The minimum Gasteiger partial charge on any atom is -0.384 e. The van der Waals surface area contributed by atoms with E-state index < -0.39 is 6.10 Å². The van der Waals surface area contributed by atoms with E-state index in [9.17, 15) is 9.90 Å². The molecule has 2 aromatic heterocycles. The Balaban J connectivity index is 1.31. The van der Waals surface area contributed by atoms with Crippen LogP contribution in [0.1, 0.15) is 51.1 Å². The predicted octanol–water partition coefficient (Wildman–Crippen LogP) is 2.71. The second kappa shape index (κ2) is 6.99. The van der Waals surface area contributed by atoms with Crippen LogP contribution < -0.4 is 0 Å². The number of aromatic amines is 1. The first-order valence-corrected chi connectivity index (χ1v) is 9.77. The number of aliphatic hydroxyl groups excluding tert-OH is 1. The zero-order valence-electron chi connectivity index (χ0n) is 15.6. The van der Waals surface area contributed by atoms with Crippen molar-refractivity contribution in [2.75, 3.05) is 13.1 Å². The average Bonchev–Trinajstić information content (AvgIpc) is 3.32. The van der Waals surface area contributed by atoms with Gasteiger partial charge in [0.05, 0.1) is 5.69 Å². The molecule has 3 unspecified atom stereocenters. The molecule has 2 fully saturated rings. The Morgan fingerprint density at radius 2 is 2.04 bits per heavy atom. The average molecular weight is 356 g/mol. The molecule has 1 aliphatic heterocycles. The highest BCUT2D eigenvalue weighted by molar-refractivity contribution is 5.80. The molecule has 0 aromatic carbocycles. The highest BCUT2D eigenvalue weighted by atomic mass is 16.3. The van der Waals surface area contributed by atoms with Gasteiger partial charge in [0.15, 0.2) is 0 Å². The van der Waals surface area contributed by atoms with Crippen LogP contribution in [0, 0.1) is 17.8 Å². The maximum absolute atomic E-state index is 12.0. The van der Waals surface area contributed by atoms with Gasteiger partial charge in [-0.3, -0.25) is 4.79 Å². The number of likely N-dealkylation sites (tertiary alicyclic amines) is 1. The molecule has 3 heterocycles. The van der Waals surface area contributed by atoms with Crippen LogP contribution in [0.15, 0.2) is 18.6 Å². The molecular formula is C20H28N4O2. The van der Waals surface area contributed by atoms with Crippen LogP contribution in [0.5, 0.6) is 0 Å². The first kappa shape index (κ1) is 17.5. The van der Waals surface area contributed by atoms with Gasteiger partial charge in [0.25, 0.3) is 5.91 Å². The summed E-state index contributed by atoms with van der Waals surface area (Å²) in [5.74, 6) is 2.30. The molecule has 26 heavy (non-hydrogen) atoms. The first-order valence-electron chi connectivity index (χ1n) is 9.77.